The molecular formula is C20H24O3S. The van der Waals surface area contributed by atoms with Crippen LogP contribution >= 0.6 is 11.3 Å². The summed E-state index contributed by atoms with van der Waals surface area (Å²) in [6.07, 6.45) is 5.25. The van der Waals surface area contributed by atoms with Gasteiger partial charge in [0.25, 0.3) is 0 Å². The molecule has 3 nitrogen and oxygen atoms in total. The zero-order chi connectivity index (χ0) is 16.7. The molecule has 4 rings (SSSR count). The second kappa shape index (κ2) is 6.41. The first kappa shape index (κ1) is 16.0. The molecule has 1 aromatic carbocycles. The lowest BCUT2D eigenvalue weighted by Crippen LogP contribution is -2.32. The minimum Gasteiger partial charge on any atom is -0.497 e. The van der Waals surface area contributed by atoms with Crippen molar-refractivity contribution in [3.63, 3.8) is 0 Å². The Bertz CT molecular complexity index is 736. The molecule has 0 N–H and O–H groups in total. The van der Waals surface area contributed by atoms with E-state index in [0.717, 1.165) is 23.5 Å². The van der Waals surface area contributed by atoms with E-state index in [2.05, 4.69) is 19.1 Å². The van der Waals surface area contributed by atoms with Crippen LogP contribution in [0.1, 0.15) is 58.6 Å². The summed E-state index contributed by atoms with van der Waals surface area (Å²) in [6, 6.07) is 8.27. The number of thiophene rings is 1. The first-order valence-corrected chi connectivity index (χ1v) is 9.50. The highest BCUT2D eigenvalue weighted by Gasteiger charge is 2.40. The standard InChI is InChI=1S/C20H24O3S/c1-12-10-16-19(15-11-13(21-2)8-9-17(15)22-3)23-18-7-5-4-6-14(18)20(16)24-12/h8-11,14,18-19H,4-7H2,1-3H3/t14-,18-,19+/m0/s1. The Balaban J connectivity index is 1.83. The molecular weight excluding hydrogens is 320 g/mol. The van der Waals surface area contributed by atoms with E-state index in [1.54, 1.807) is 14.2 Å². The van der Waals surface area contributed by atoms with Crippen LogP contribution in [0.2, 0.25) is 0 Å². The minimum atomic E-state index is -0.0608. The van der Waals surface area contributed by atoms with Crippen LogP contribution in [0.3, 0.4) is 0 Å². The van der Waals surface area contributed by atoms with Gasteiger partial charge in [0.05, 0.1) is 20.3 Å². The Hall–Kier alpha value is -1.52. The summed E-state index contributed by atoms with van der Waals surface area (Å²) in [5, 5.41) is 0. The maximum Gasteiger partial charge on any atom is 0.125 e. The van der Waals surface area contributed by atoms with Gasteiger partial charge in [0.15, 0.2) is 0 Å². The number of rotatable bonds is 3. The number of aryl methyl sites for hydroxylation is 1. The number of hydrogen-bond donors (Lipinski definition) is 0. The summed E-state index contributed by atoms with van der Waals surface area (Å²) in [6.45, 7) is 2.20. The number of methoxy groups -OCH3 is 2. The smallest absolute Gasteiger partial charge is 0.125 e. The summed E-state index contributed by atoms with van der Waals surface area (Å²) in [4.78, 5) is 2.89. The highest BCUT2D eigenvalue weighted by atomic mass is 32.1. The van der Waals surface area contributed by atoms with Crippen LogP contribution in [-0.2, 0) is 4.74 Å². The summed E-state index contributed by atoms with van der Waals surface area (Å²) < 4.78 is 17.7. The number of hydrogen-bond acceptors (Lipinski definition) is 4. The fourth-order valence-electron chi connectivity index (χ4n) is 4.14. The SMILES string of the molecule is COc1ccc(OC)c([C@H]2O[C@H]3CCCC[C@@H]3c3sc(C)cc32)c1. The Morgan fingerprint density at radius 1 is 1.04 bits per heavy atom. The predicted octanol–water partition coefficient (Wildman–Crippen LogP) is 5.22. The number of fused-ring (bicyclic) bond motifs is 3. The van der Waals surface area contributed by atoms with E-state index in [4.69, 9.17) is 14.2 Å². The van der Waals surface area contributed by atoms with Crippen molar-refractivity contribution in [1.82, 2.24) is 0 Å². The Kier molecular flexibility index (Phi) is 4.27. The molecule has 1 aromatic heterocycles. The van der Waals surface area contributed by atoms with E-state index in [1.165, 1.54) is 34.6 Å². The highest BCUT2D eigenvalue weighted by Crippen LogP contribution is 2.51. The molecule has 1 fully saturated rings. The molecule has 2 aliphatic rings. The van der Waals surface area contributed by atoms with Gasteiger partial charge in [-0.05, 0) is 49.6 Å². The molecule has 4 heteroatoms. The van der Waals surface area contributed by atoms with E-state index >= 15 is 0 Å². The molecule has 128 valence electrons. The van der Waals surface area contributed by atoms with Crippen molar-refractivity contribution in [2.75, 3.05) is 14.2 Å². The van der Waals surface area contributed by atoms with Gasteiger partial charge in [0.1, 0.15) is 17.6 Å². The van der Waals surface area contributed by atoms with E-state index < -0.39 is 0 Å². The van der Waals surface area contributed by atoms with Gasteiger partial charge in [0.2, 0.25) is 0 Å². The third kappa shape index (κ3) is 2.62. The Morgan fingerprint density at radius 3 is 2.67 bits per heavy atom. The maximum absolute atomic E-state index is 6.63. The fraction of sp³-hybridized carbons (Fsp3) is 0.500. The molecule has 1 saturated carbocycles. The molecule has 0 saturated heterocycles. The van der Waals surface area contributed by atoms with Crippen molar-refractivity contribution >= 4 is 11.3 Å². The molecule has 1 aliphatic heterocycles. The first-order chi connectivity index (χ1) is 11.7. The molecule has 0 bridgehead atoms. The monoisotopic (exact) mass is 344 g/mol. The zero-order valence-corrected chi connectivity index (χ0v) is 15.3. The first-order valence-electron chi connectivity index (χ1n) is 8.69. The molecule has 1 aliphatic carbocycles. The quantitative estimate of drug-likeness (QED) is 0.764. The van der Waals surface area contributed by atoms with Gasteiger partial charge in [-0.2, -0.15) is 0 Å². The third-order valence-electron chi connectivity index (χ3n) is 5.27. The van der Waals surface area contributed by atoms with Gasteiger partial charge in [-0.1, -0.05) is 12.8 Å². The maximum atomic E-state index is 6.63. The van der Waals surface area contributed by atoms with E-state index in [-0.39, 0.29) is 6.10 Å². The lowest BCUT2D eigenvalue weighted by molar-refractivity contribution is -0.0382. The van der Waals surface area contributed by atoms with Crippen molar-refractivity contribution in [2.45, 2.75) is 50.7 Å². The summed E-state index contributed by atoms with van der Waals surface area (Å²) in [7, 11) is 3.42. The van der Waals surface area contributed by atoms with Crippen LogP contribution in [0.15, 0.2) is 24.3 Å². The normalized spacial score (nSPS) is 25.7. The van der Waals surface area contributed by atoms with Crippen molar-refractivity contribution in [3.05, 3.63) is 45.1 Å². The molecule has 0 spiro atoms. The van der Waals surface area contributed by atoms with E-state index in [1.807, 2.05) is 23.5 Å². The van der Waals surface area contributed by atoms with Crippen molar-refractivity contribution < 1.29 is 14.2 Å². The molecule has 0 unspecified atom stereocenters. The Labute approximate surface area is 147 Å². The fourth-order valence-corrected chi connectivity index (χ4v) is 5.38. The topological polar surface area (TPSA) is 27.7 Å². The van der Waals surface area contributed by atoms with Gasteiger partial charge in [0, 0.05) is 21.2 Å². The molecule has 2 heterocycles. The summed E-state index contributed by atoms with van der Waals surface area (Å²) >= 11 is 1.95. The van der Waals surface area contributed by atoms with Crippen molar-refractivity contribution in [1.29, 1.82) is 0 Å². The van der Waals surface area contributed by atoms with Gasteiger partial charge >= 0.3 is 0 Å². The molecule has 24 heavy (non-hydrogen) atoms. The second-order valence-corrected chi connectivity index (χ2v) is 8.02. The van der Waals surface area contributed by atoms with Gasteiger partial charge in [-0.3, -0.25) is 0 Å². The van der Waals surface area contributed by atoms with Crippen LogP contribution in [0.4, 0.5) is 0 Å². The van der Waals surface area contributed by atoms with E-state index in [0.29, 0.717) is 12.0 Å². The Morgan fingerprint density at radius 2 is 1.88 bits per heavy atom. The second-order valence-electron chi connectivity index (χ2n) is 6.73. The average molecular weight is 344 g/mol. The minimum absolute atomic E-state index is 0.0608. The molecule has 3 atom stereocenters. The van der Waals surface area contributed by atoms with Crippen molar-refractivity contribution in [3.8, 4) is 11.5 Å². The van der Waals surface area contributed by atoms with Crippen LogP contribution < -0.4 is 9.47 Å². The van der Waals surface area contributed by atoms with E-state index in [9.17, 15) is 0 Å². The molecule has 2 aromatic rings. The third-order valence-corrected chi connectivity index (χ3v) is 6.46. The number of benzene rings is 1. The summed E-state index contributed by atoms with van der Waals surface area (Å²) in [5.74, 6) is 2.28. The van der Waals surface area contributed by atoms with Gasteiger partial charge < -0.3 is 14.2 Å². The van der Waals surface area contributed by atoms with Crippen LogP contribution in [-0.4, -0.2) is 20.3 Å². The van der Waals surface area contributed by atoms with Crippen LogP contribution in [0.25, 0.3) is 0 Å². The zero-order valence-electron chi connectivity index (χ0n) is 14.5. The lowest BCUT2D eigenvalue weighted by Gasteiger charge is -2.39. The molecule has 0 amide bonds. The lowest BCUT2D eigenvalue weighted by atomic mass is 9.80. The van der Waals surface area contributed by atoms with Crippen LogP contribution in [0.5, 0.6) is 11.5 Å². The van der Waals surface area contributed by atoms with Gasteiger partial charge in [-0.15, -0.1) is 11.3 Å². The highest BCUT2D eigenvalue weighted by molar-refractivity contribution is 7.12. The van der Waals surface area contributed by atoms with Crippen LogP contribution in [0, 0.1) is 6.92 Å². The van der Waals surface area contributed by atoms with Crippen molar-refractivity contribution in [2.24, 2.45) is 0 Å². The predicted molar refractivity (Wildman–Crippen MR) is 96.5 cm³/mol. The van der Waals surface area contributed by atoms with Gasteiger partial charge in [-0.25, -0.2) is 0 Å². The number of ether oxygens (including phenoxy) is 3. The largest absolute Gasteiger partial charge is 0.497 e. The average Bonchev–Trinajstić information content (AvgIpc) is 3.02. The molecule has 0 radical (unpaired) electrons. The summed E-state index contributed by atoms with van der Waals surface area (Å²) in [5.41, 5.74) is 2.40.